The van der Waals surface area contributed by atoms with E-state index in [0.29, 0.717) is 17.5 Å². The van der Waals surface area contributed by atoms with Crippen LogP contribution in [0.15, 0.2) is 174 Å². The molecule has 52 heavy (non-hydrogen) atoms. The summed E-state index contributed by atoms with van der Waals surface area (Å²) in [5, 5.41) is 9.02. The van der Waals surface area contributed by atoms with E-state index in [1.807, 2.05) is 42.5 Å². The minimum absolute atomic E-state index is 0.570. The second-order valence-electron chi connectivity index (χ2n) is 13.2. The van der Waals surface area contributed by atoms with Crippen LogP contribution < -0.4 is 0 Å². The van der Waals surface area contributed by atoms with Crippen molar-refractivity contribution in [2.24, 2.45) is 0 Å². The summed E-state index contributed by atoms with van der Waals surface area (Å²) in [6.45, 7) is 0. The van der Waals surface area contributed by atoms with E-state index in [0.717, 1.165) is 66.1 Å². The van der Waals surface area contributed by atoms with E-state index in [4.69, 9.17) is 19.4 Å². The molecule has 0 bridgehead atoms. The summed E-state index contributed by atoms with van der Waals surface area (Å²) in [7, 11) is 0. The Bertz CT molecular complexity index is 3190. The van der Waals surface area contributed by atoms with Crippen molar-refractivity contribution < 1.29 is 4.42 Å². The molecular weight excluding hydrogens is 637 g/mol. The van der Waals surface area contributed by atoms with Crippen LogP contribution in [0.2, 0.25) is 0 Å². The van der Waals surface area contributed by atoms with Gasteiger partial charge in [-0.2, -0.15) is 0 Å². The molecular formula is C47H28N4O. The monoisotopic (exact) mass is 664 g/mol. The van der Waals surface area contributed by atoms with Crippen LogP contribution in [-0.2, 0) is 0 Å². The highest BCUT2D eigenvalue weighted by Crippen LogP contribution is 2.43. The Morgan fingerprint density at radius 2 is 1.02 bits per heavy atom. The summed E-state index contributed by atoms with van der Waals surface area (Å²) in [6, 6.07) is 59.1. The first kappa shape index (κ1) is 28.7. The van der Waals surface area contributed by atoms with Gasteiger partial charge >= 0.3 is 0 Å². The van der Waals surface area contributed by atoms with Crippen molar-refractivity contribution in [2.75, 3.05) is 0 Å². The standard InChI is InChI=1S/C47H28N4O/c1-2-14-30(15-3-1)45-48-46(37-22-12-18-29-13-6-7-19-33(29)37)50-47(49-45)38-26-25-36-35-21-9-11-24-42(35)52-44(36)43(38)51-40-23-10-8-20-34(40)39-27-31-16-4-5-17-32(31)28-41(39)51/h1-28H. The van der Waals surface area contributed by atoms with E-state index in [1.54, 1.807) is 0 Å². The first-order valence-corrected chi connectivity index (χ1v) is 17.5. The van der Waals surface area contributed by atoms with Crippen LogP contribution in [0, 0.1) is 0 Å². The van der Waals surface area contributed by atoms with Crippen molar-refractivity contribution in [1.82, 2.24) is 19.5 Å². The summed E-state index contributed by atoms with van der Waals surface area (Å²) in [5.74, 6) is 1.79. The van der Waals surface area contributed by atoms with Crippen LogP contribution in [-0.4, -0.2) is 19.5 Å². The molecule has 242 valence electrons. The van der Waals surface area contributed by atoms with E-state index in [1.165, 1.54) is 21.5 Å². The van der Waals surface area contributed by atoms with E-state index >= 15 is 0 Å². The van der Waals surface area contributed by atoms with Gasteiger partial charge in [0.05, 0.1) is 11.0 Å². The van der Waals surface area contributed by atoms with E-state index in [-0.39, 0.29) is 0 Å². The smallest absolute Gasteiger partial charge is 0.166 e. The fourth-order valence-electron chi connectivity index (χ4n) is 7.83. The van der Waals surface area contributed by atoms with Crippen LogP contribution >= 0.6 is 0 Å². The molecule has 0 aliphatic carbocycles. The molecule has 11 rings (SSSR count). The lowest BCUT2D eigenvalue weighted by molar-refractivity contribution is 0.666. The van der Waals surface area contributed by atoms with Crippen LogP contribution in [0.1, 0.15) is 0 Å². The molecule has 3 heterocycles. The molecule has 0 amide bonds. The topological polar surface area (TPSA) is 56.7 Å². The van der Waals surface area contributed by atoms with Crippen molar-refractivity contribution >= 4 is 65.3 Å². The van der Waals surface area contributed by atoms with Gasteiger partial charge in [-0.1, -0.05) is 133 Å². The lowest BCUT2D eigenvalue weighted by Crippen LogP contribution is -2.04. The predicted octanol–water partition coefficient (Wildman–Crippen LogP) is 12.2. The second kappa shape index (κ2) is 11.2. The maximum absolute atomic E-state index is 6.85. The Labute approximate surface area is 298 Å². The zero-order chi connectivity index (χ0) is 34.2. The molecule has 0 aliphatic rings. The van der Waals surface area contributed by atoms with Crippen LogP contribution in [0.5, 0.6) is 0 Å². The van der Waals surface area contributed by atoms with Gasteiger partial charge in [-0.15, -0.1) is 0 Å². The Morgan fingerprint density at radius 1 is 0.385 bits per heavy atom. The molecule has 11 aromatic rings. The number of aromatic nitrogens is 4. The van der Waals surface area contributed by atoms with Crippen molar-refractivity contribution in [3.63, 3.8) is 0 Å². The lowest BCUT2D eigenvalue weighted by Gasteiger charge is -2.16. The number of para-hydroxylation sites is 2. The molecule has 0 spiro atoms. The largest absolute Gasteiger partial charge is 0.454 e. The summed E-state index contributed by atoms with van der Waals surface area (Å²) < 4.78 is 9.20. The fourth-order valence-corrected chi connectivity index (χ4v) is 7.83. The van der Waals surface area contributed by atoms with Gasteiger partial charge in [0.25, 0.3) is 0 Å². The van der Waals surface area contributed by atoms with E-state index in [2.05, 4.69) is 132 Å². The Hall–Kier alpha value is -7.11. The minimum Gasteiger partial charge on any atom is -0.454 e. The zero-order valence-corrected chi connectivity index (χ0v) is 27.9. The molecule has 0 atom stereocenters. The molecule has 0 aliphatic heterocycles. The van der Waals surface area contributed by atoms with Crippen molar-refractivity contribution in [3.05, 3.63) is 170 Å². The van der Waals surface area contributed by atoms with Gasteiger partial charge < -0.3 is 8.98 Å². The van der Waals surface area contributed by atoms with Crippen LogP contribution in [0.4, 0.5) is 0 Å². The molecule has 0 saturated heterocycles. The number of furan rings is 1. The van der Waals surface area contributed by atoms with E-state index in [9.17, 15) is 0 Å². The molecule has 3 aromatic heterocycles. The summed E-state index contributed by atoms with van der Waals surface area (Å²) in [5.41, 5.74) is 7.39. The molecule has 0 N–H and O–H groups in total. The zero-order valence-electron chi connectivity index (χ0n) is 27.9. The molecule has 8 aromatic carbocycles. The van der Waals surface area contributed by atoms with Crippen molar-refractivity contribution in [1.29, 1.82) is 0 Å². The van der Waals surface area contributed by atoms with Gasteiger partial charge in [-0.05, 0) is 57.9 Å². The summed E-state index contributed by atoms with van der Waals surface area (Å²) in [4.78, 5) is 15.7. The third kappa shape index (κ3) is 4.33. The minimum atomic E-state index is 0.570. The SMILES string of the molecule is c1ccc(-c2nc(-c3ccc4c(oc5ccccc54)c3-n3c4ccccc4c4cc5ccccc5cc43)nc(-c3cccc4ccccc34)n2)cc1. The summed E-state index contributed by atoms with van der Waals surface area (Å²) >= 11 is 0. The normalized spacial score (nSPS) is 11.8. The number of nitrogens with zero attached hydrogens (tertiary/aromatic N) is 4. The molecule has 0 saturated carbocycles. The van der Waals surface area contributed by atoms with Gasteiger partial charge in [0, 0.05) is 38.2 Å². The Kier molecular flexibility index (Phi) is 6.18. The van der Waals surface area contributed by atoms with Gasteiger partial charge in [0.1, 0.15) is 11.3 Å². The third-order valence-corrected chi connectivity index (χ3v) is 10.2. The predicted molar refractivity (Wildman–Crippen MR) is 213 cm³/mol. The van der Waals surface area contributed by atoms with E-state index < -0.39 is 0 Å². The average Bonchev–Trinajstić information content (AvgIpc) is 3.75. The highest BCUT2D eigenvalue weighted by atomic mass is 16.3. The first-order chi connectivity index (χ1) is 25.8. The van der Waals surface area contributed by atoms with Crippen LogP contribution in [0.25, 0.3) is 105 Å². The Morgan fingerprint density at radius 3 is 1.87 bits per heavy atom. The third-order valence-electron chi connectivity index (χ3n) is 10.2. The lowest BCUT2D eigenvalue weighted by atomic mass is 10.0. The maximum Gasteiger partial charge on any atom is 0.166 e. The molecule has 0 fully saturated rings. The molecule has 0 unspecified atom stereocenters. The van der Waals surface area contributed by atoms with Gasteiger partial charge in [-0.25, -0.2) is 15.0 Å². The van der Waals surface area contributed by atoms with Crippen molar-refractivity contribution in [3.8, 4) is 39.9 Å². The quantitative estimate of drug-likeness (QED) is 0.188. The highest BCUT2D eigenvalue weighted by molar-refractivity contribution is 6.16. The highest BCUT2D eigenvalue weighted by Gasteiger charge is 2.24. The molecule has 5 nitrogen and oxygen atoms in total. The van der Waals surface area contributed by atoms with Crippen LogP contribution in [0.3, 0.4) is 0 Å². The molecule has 0 radical (unpaired) electrons. The average molecular weight is 665 g/mol. The summed E-state index contributed by atoms with van der Waals surface area (Å²) in [6.07, 6.45) is 0. The van der Waals surface area contributed by atoms with Crippen molar-refractivity contribution in [2.45, 2.75) is 0 Å². The van der Waals surface area contributed by atoms with Gasteiger partial charge in [0.2, 0.25) is 0 Å². The van der Waals surface area contributed by atoms with Gasteiger partial charge in [-0.3, -0.25) is 0 Å². The Balaban J connectivity index is 1.29. The van der Waals surface area contributed by atoms with Gasteiger partial charge in [0.15, 0.2) is 23.1 Å². The molecule has 5 heteroatoms. The number of rotatable bonds is 4. The maximum atomic E-state index is 6.85. The number of hydrogen-bond donors (Lipinski definition) is 0. The number of benzene rings is 8. The number of hydrogen-bond acceptors (Lipinski definition) is 4. The second-order valence-corrected chi connectivity index (χ2v) is 13.2. The fraction of sp³-hybridized carbons (Fsp3) is 0. The number of fused-ring (bicyclic) bond motifs is 8. The first-order valence-electron chi connectivity index (χ1n) is 17.5.